The standard InChI is InChI=1S/C28H37N5O4/c1-4-32(2)12-8-14-35-25-16-22-21-15-24(25)34-13-7-5-6-11-33(3)17-20-9-10-23-27(37-19-36-23)26(20)31-28(21)30-18-29-22/h9-10,15-16,18H,4-8,11-14,17,19H2,1-3H3,(H,29,30,31). The summed E-state index contributed by atoms with van der Waals surface area (Å²) < 4.78 is 24.0. The third-order valence-electron chi connectivity index (χ3n) is 6.93. The highest BCUT2D eigenvalue weighted by Gasteiger charge is 2.23. The van der Waals surface area contributed by atoms with E-state index in [9.17, 15) is 0 Å². The van der Waals surface area contributed by atoms with Crippen LogP contribution in [0, 0.1) is 0 Å². The second-order valence-electron chi connectivity index (χ2n) is 9.74. The van der Waals surface area contributed by atoms with Gasteiger partial charge in [0, 0.05) is 24.5 Å². The van der Waals surface area contributed by atoms with E-state index in [1.54, 1.807) is 6.33 Å². The molecule has 3 aromatic rings. The Balaban J connectivity index is 1.51. The maximum Gasteiger partial charge on any atom is 0.231 e. The van der Waals surface area contributed by atoms with E-state index < -0.39 is 0 Å². The van der Waals surface area contributed by atoms with E-state index in [0.29, 0.717) is 19.0 Å². The van der Waals surface area contributed by atoms with Gasteiger partial charge in [-0.1, -0.05) is 13.0 Å². The van der Waals surface area contributed by atoms with Crippen molar-refractivity contribution in [2.24, 2.45) is 0 Å². The number of benzene rings is 2. The lowest BCUT2D eigenvalue weighted by Gasteiger charge is -2.20. The quantitative estimate of drug-likeness (QED) is 0.472. The minimum atomic E-state index is 0.209. The molecular formula is C28H37N5O4. The smallest absolute Gasteiger partial charge is 0.231 e. The van der Waals surface area contributed by atoms with Crippen LogP contribution in [0.2, 0.25) is 0 Å². The lowest BCUT2D eigenvalue weighted by molar-refractivity contribution is 0.174. The van der Waals surface area contributed by atoms with Crippen molar-refractivity contribution in [2.75, 3.05) is 59.1 Å². The second-order valence-corrected chi connectivity index (χ2v) is 9.74. The number of hydrogen-bond donors (Lipinski definition) is 1. The zero-order chi connectivity index (χ0) is 25.6. The molecule has 3 heterocycles. The average Bonchev–Trinajstić information content (AvgIpc) is 3.38. The molecule has 1 N–H and O–H groups in total. The lowest BCUT2D eigenvalue weighted by Crippen LogP contribution is -2.20. The molecule has 198 valence electrons. The van der Waals surface area contributed by atoms with Crippen molar-refractivity contribution >= 4 is 22.4 Å². The molecule has 0 amide bonds. The van der Waals surface area contributed by atoms with Gasteiger partial charge < -0.3 is 34.1 Å². The van der Waals surface area contributed by atoms with Gasteiger partial charge in [0.15, 0.2) is 23.0 Å². The van der Waals surface area contributed by atoms with E-state index in [2.05, 4.69) is 52.2 Å². The molecule has 2 bridgehead atoms. The normalized spacial score (nSPS) is 16.1. The van der Waals surface area contributed by atoms with Gasteiger partial charge in [-0.2, -0.15) is 0 Å². The van der Waals surface area contributed by atoms with Crippen molar-refractivity contribution < 1.29 is 18.9 Å². The average molecular weight is 508 g/mol. The summed E-state index contributed by atoms with van der Waals surface area (Å²) in [4.78, 5) is 13.8. The predicted molar refractivity (Wildman–Crippen MR) is 144 cm³/mol. The minimum Gasteiger partial charge on any atom is -0.490 e. The van der Waals surface area contributed by atoms with E-state index >= 15 is 0 Å². The van der Waals surface area contributed by atoms with Crippen LogP contribution in [0.3, 0.4) is 0 Å². The molecule has 0 spiro atoms. The maximum atomic E-state index is 6.27. The van der Waals surface area contributed by atoms with Crippen LogP contribution < -0.4 is 24.3 Å². The zero-order valence-corrected chi connectivity index (χ0v) is 22.1. The number of hydrogen-bond acceptors (Lipinski definition) is 9. The number of fused-ring (bicyclic) bond motifs is 4. The zero-order valence-electron chi connectivity index (χ0n) is 22.1. The van der Waals surface area contributed by atoms with Gasteiger partial charge in [-0.25, -0.2) is 9.97 Å². The fraction of sp³-hybridized carbons (Fsp3) is 0.500. The van der Waals surface area contributed by atoms with Gasteiger partial charge in [-0.3, -0.25) is 0 Å². The summed E-state index contributed by atoms with van der Waals surface area (Å²) in [7, 11) is 4.27. The Labute approximate surface area is 218 Å². The van der Waals surface area contributed by atoms with Gasteiger partial charge in [-0.15, -0.1) is 0 Å². The van der Waals surface area contributed by atoms with Crippen molar-refractivity contribution in [1.29, 1.82) is 0 Å². The summed E-state index contributed by atoms with van der Waals surface area (Å²) in [5.41, 5.74) is 2.79. The highest BCUT2D eigenvalue weighted by atomic mass is 16.7. The molecule has 0 unspecified atom stereocenters. The van der Waals surface area contributed by atoms with Gasteiger partial charge in [0.05, 0.1) is 24.4 Å². The first-order valence-electron chi connectivity index (χ1n) is 13.2. The van der Waals surface area contributed by atoms with Gasteiger partial charge in [-0.05, 0) is 70.6 Å². The second kappa shape index (κ2) is 11.8. The van der Waals surface area contributed by atoms with Crippen molar-refractivity contribution in [3.05, 3.63) is 36.2 Å². The van der Waals surface area contributed by atoms with Crippen LogP contribution in [0.1, 0.15) is 38.2 Å². The first-order valence-corrected chi connectivity index (χ1v) is 13.2. The van der Waals surface area contributed by atoms with Crippen molar-refractivity contribution in [1.82, 2.24) is 19.8 Å². The summed E-state index contributed by atoms with van der Waals surface area (Å²) in [5, 5.41) is 4.42. The van der Waals surface area contributed by atoms with Crippen LogP contribution in [-0.4, -0.2) is 73.5 Å². The fourth-order valence-corrected chi connectivity index (χ4v) is 4.68. The molecule has 0 saturated heterocycles. The number of nitrogens with one attached hydrogen (secondary N) is 1. The number of aromatic nitrogens is 2. The van der Waals surface area contributed by atoms with Crippen LogP contribution in [0.5, 0.6) is 23.0 Å². The topological polar surface area (TPSA) is 81.2 Å². The highest BCUT2D eigenvalue weighted by molar-refractivity contribution is 5.94. The van der Waals surface area contributed by atoms with Crippen LogP contribution in [0.4, 0.5) is 11.5 Å². The van der Waals surface area contributed by atoms with Crippen molar-refractivity contribution in [3.63, 3.8) is 0 Å². The molecule has 0 atom stereocenters. The largest absolute Gasteiger partial charge is 0.490 e. The maximum absolute atomic E-state index is 6.27. The third kappa shape index (κ3) is 5.99. The van der Waals surface area contributed by atoms with Crippen LogP contribution in [0.15, 0.2) is 30.6 Å². The van der Waals surface area contributed by atoms with Crippen molar-refractivity contribution in [2.45, 2.75) is 39.2 Å². The fourth-order valence-electron chi connectivity index (χ4n) is 4.68. The van der Waals surface area contributed by atoms with E-state index in [1.807, 2.05) is 18.2 Å². The summed E-state index contributed by atoms with van der Waals surface area (Å²) in [6.45, 7) is 7.42. The van der Waals surface area contributed by atoms with Gasteiger partial charge in [0.2, 0.25) is 6.79 Å². The Hall–Kier alpha value is -3.30. The molecule has 0 aliphatic carbocycles. The van der Waals surface area contributed by atoms with Gasteiger partial charge >= 0.3 is 0 Å². The van der Waals surface area contributed by atoms with E-state index in [4.69, 9.17) is 18.9 Å². The molecule has 0 saturated carbocycles. The monoisotopic (exact) mass is 507 g/mol. The molecular weight excluding hydrogens is 470 g/mol. The van der Waals surface area contributed by atoms with E-state index in [1.165, 1.54) is 0 Å². The van der Waals surface area contributed by atoms with Gasteiger partial charge in [0.1, 0.15) is 12.1 Å². The summed E-state index contributed by atoms with van der Waals surface area (Å²) in [5.74, 6) is 3.58. The molecule has 2 aliphatic heterocycles. The third-order valence-corrected chi connectivity index (χ3v) is 6.93. The Bertz CT molecular complexity index is 1220. The molecule has 9 heteroatoms. The Morgan fingerprint density at radius 1 is 1.08 bits per heavy atom. The molecule has 0 fully saturated rings. The highest BCUT2D eigenvalue weighted by Crippen LogP contribution is 2.44. The first-order chi connectivity index (χ1) is 18.1. The molecule has 5 rings (SSSR count). The van der Waals surface area contributed by atoms with Crippen molar-refractivity contribution in [3.8, 4) is 23.0 Å². The minimum absolute atomic E-state index is 0.209. The predicted octanol–water partition coefficient (Wildman–Crippen LogP) is 4.82. The first kappa shape index (κ1) is 25.4. The number of ether oxygens (including phenoxy) is 4. The lowest BCUT2D eigenvalue weighted by atomic mass is 10.1. The molecule has 2 aliphatic rings. The molecule has 9 nitrogen and oxygen atoms in total. The van der Waals surface area contributed by atoms with Crippen LogP contribution in [0.25, 0.3) is 10.9 Å². The summed E-state index contributed by atoms with van der Waals surface area (Å²) in [6.07, 6.45) is 5.70. The van der Waals surface area contributed by atoms with Crippen LogP contribution in [-0.2, 0) is 6.54 Å². The van der Waals surface area contributed by atoms with E-state index in [0.717, 1.165) is 97.0 Å². The van der Waals surface area contributed by atoms with Crippen LogP contribution >= 0.6 is 0 Å². The summed E-state index contributed by atoms with van der Waals surface area (Å²) in [6, 6.07) is 8.04. The number of anilines is 2. The molecule has 0 radical (unpaired) electrons. The number of nitrogens with zero attached hydrogens (tertiary/aromatic N) is 4. The van der Waals surface area contributed by atoms with Gasteiger partial charge in [0.25, 0.3) is 0 Å². The Morgan fingerprint density at radius 2 is 2.00 bits per heavy atom. The Morgan fingerprint density at radius 3 is 2.89 bits per heavy atom. The van der Waals surface area contributed by atoms with E-state index in [-0.39, 0.29) is 6.79 Å². The Kier molecular flexibility index (Phi) is 8.11. The molecule has 2 aromatic carbocycles. The molecule has 37 heavy (non-hydrogen) atoms. The SMILES string of the molecule is CCN(C)CCCOc1cc2ncnc3c2cc1OCCCCCN(C)Cc1ccc2c(c1N3)OCO2. The summed E-state index contributed by atoms with van der Waals surface area (Å²) >= 11 is 0. The molecule has 1 aromatic heterocycles. The number of rotatable bonds is 6.